The van der Waals surface area contributed by atoms with E-state index in [0.717, 1.165) is 11.1 Å². The molecule has 0 saturated carbocycles. The Kier molecular flexibility index (Phi) is 5.29. The van der Waals surface area contributed by atoms with Crippen LogP contribution in [-0.4, -0.2) is 27.7 Å². The number of benzene rings is 1. The second kappa shape index (κ2) is 6.15. The zero-order valence-corrected chi connectivity index (χ0v) is 13.1. The van der Waals surface area contributed by atoms with Gasteiger partial charge in [0.1, 0.15) is 0 Å². The van der Waals surface area contributed by atoms with E-state index in [1.165, 1.54) is 13.8 Å². The topological polar surface area (TPSA) is 71.4 Å². The summed E-state index contributed by atoms with van der Waals surface area (Å²) in [4.78, 5) is 0. The summed E-state index contributed by atoms with van der Waals surface area (Å²) >= 11 is 0. The normalized spacial score (nSPS) is 14.3. The fourth-order valence-corrected chi connectivity index (χ4v) is 3.37. The fraction of sp³-hybridized carbons (Fsp3) is 0.538. The van der Waals surface area contributed by atoms with E-state index < -0.39 is 25.7 Å². The lowest BCUT2D eigenvalue weighted by Crippen LogP contribution is -2.33. The highest BCUT2D eigenvalue weighted by atomic mass is 32.2. The van der Waals surface area contributed by atoms with E-state index in [9.17, 15) is 12.6 Å². The number of hydrogen-bond acceptors (Lipinski definition) is 3. The van der Waals surface area contributed by atoms with Crippen molar-refractivity contribution in [2.24, 2.45) is 0 Å². The zero-order valence-electron chi connectivity index (χ0n) is 11.4. The second-order valence-corrected chi connectivity index (χ2v) is 8.89. The number of aryl methyl sites for hydroxylation is 1. The van der Waals surface area contributed by atoms with Crippen LogP contribution in [0, 0.1) is 6.92 Å². The van der Waals surface area contributed by atoms with Crippen molar-refractivity contribution in [1.82, 2.24) is 0 Å². The maximum absolute atomic E-state index is 11.9. The molecule has 0 aliphatic carbocycles. The first-order valence-corrected chi connectivity index (χ1v) is 8.92. The minimum atomic E-state index is -4.11. The maximum atomic E-state index is 11.9. The molecule has 1 rings (SSSR count). The van der Waals surface area contributed by atoms with Crippen molar-refractivity contribution >= 4 is 20.9 Å². The molecule has 4 nitrogen and oxygen atoms in total. The van der Waals surface area contributed by atoms with Gasteiger partial charge in [-0.3, -0.25) is 8.76 Å². The van der Waals surface area contributed by atoms with E-state index in [0.29, 0.717) is 5.75 Å². The van der Waals surface area contributed by atoms with Crippen LogP contribution >= 0.6 is 0 Å². The van der Waals surface area contributed by atoms with Gasteiger partial charge in [0.25, 0.3) is 10.1 Å². The van der Waals surface area contributed by atoms with Crippen molar-refractivity contribution in [3.05, 3.63) is 35.4 Å². The van der Waals surface area contributed by atoms with Crippen LogP contribution in [0.4, 0.5) is 0 Å². The van der Waals surface area contributed by atoms with E-state index in [2.05, 4.69) is 0 Å². The van der Waals surface area contributed by atoms with Gasteiger partial charge in [0.05, 0.1) is 4.75 Å². The lowest BCUT2D eigenvalue weighted by Gasteiger charge is -2.20. The maximum Gasteiger partial charge on any atom is 0.270 e. The molecule has 0 radical (unpaired) electrons. The van der Waals surface area contributed by atoms with Crippen molar-refractivity contribution in [2.45, 2.75) is 37.7 Å². The van der Waals surface area contributed by atoms with E-state index in [1.54, 1.807) is 0 Å². The summed E-state index contributed by atoms with van der Waals surface area (Å²) in [5.74, 6) is 0.655. The average molecular weight is 304 g/mol. The fourth-order valence-electron chi connectivity index (χ4n) is 1.43. The van der Waals surface area contributed by atoms with Gasteiger partial charge in [-0.1, -0.05) is 29.8 Å². The number of hydrogen-bond donors (Lipinski definition) is 1. The van der Waals surface area contributed by atoms with Crippen molar-refractivity contribution in [3.63, 3.8) is 0 Å². The molecular formula is C13H20O4S2. The Balaban J connectivity index is 2.55. The van der Waals surface area contributed by atoms with Gasteiger partial charge in [-0.25, -0.2) is 0 Å². The Labute approximate surface area is 117 Å². The molecule has 108 valence electrons. The largest absolute Gasteiger partial charge is 0.285 e. The summed E-state index contributed by atoms with van der Waals surface area (Å²) in [5, 5.41) is 0. The third-order valence-electron chi connectivity index (χ3n) is 3.08. The number of rotatable bonds is 6. The van der Waals surface area contributed by atoms with Crippen molar-refractivity contribution < 1.29 is 17.2 Å². The zero-order chi connectivity index (χ0) is 14.7. The molecule has 19 heavy (non-hydrogen) atoms. The van der Waals surface area contributed by atoms with Crippen LogP contribution in [0.15, 0.2) is 24.3 Å². The summed E-state index contributed by atoms with van der Waals surface area (Å²) in [7, 11) is -5.25. The molecule has 6 heteroatoms. The van der Waals surface area contributed by atoms with Crippen LogP contribution in [0.5, 0.6) is 0 Å². The van der Waals surface area contributed by atoms with Crippen LogP contribution in [0.25, 0.3) is 0 Å². The van der Waals surface area contributed by atoms with Gasteiger partial charge in [0.15, 0.2) is 0 Å². The van der Waals surface area contributed by atoms with Gasteiger partial charge < -0.3 is 0 Å². The minimum Gasteiger partial charge on any atom is -0.285 e. The van der Waals surface area contributed by atoms with E-state index in [-0.39, 0.29) is 12.2 Å². The van der Waals surface area contributed by atoms with Gasteiger partial charge >= 0.3 is 0 Å². The molecule has 0 aliphatic heterocycles. The Hall–Kier alpha value is -0.720. The first-order valence-electron chi connectivity index (χ1n) is 5.99. The summed E-state index contributed by atoms with van der Waals surface area (Å²) in [6, 6.07) is 7.74. The summed E-state index contributed by atoms with van der Waals surface area (Å²) in [5.41, 5.74) is 2.11. The Morgan fingerprint density at radius 1 is 1.21 bits per heavy atom. The van der Waals surface area contributed by atoms with Crippen LogP contribution < -0.4 is 0 Å². The predicted octanol–water partition coefficient (Wildman–Crippen LogP) is 2.30. The third kappa shape index (κ3) is 5.04. The molecule has 0 heterocycles. The lowest BCUT2D eigenvalue weighted by molar-refractivity contribution is 0.437. The first kappa shape index (κ1) is 16.3. The molecule has 1 atom stereocenters. The van der Waals surface area contributed by atoms with E-state index in [1.807, 2.05) is 31.2 Å². The van der Waals surface area contributed by atoms with Crippen LogP contribution in [0.3, 0.4) is 0 Å². The monoisotopic (exact) mass is 304 g/mol. The van der Waals surface area contributed by atoms with E-state index in [4.69, 9.17) is 4.55 Å². The smallest absolute Gasteiger partial charge is 0.270 e. The molecule has 0 aromatic heterocycles. The molecule has 1 aromatic carbocycles. The van der Waals surface area contributed by atoms with Crippen LogP contribution in [-0.2, 0) is 26.7 Å². The molecule has 0 fully saturated rings. The van der Waals surface area contributed by atoms with Gasteiger partial charge in [-0.15, -0.1) is 0 Å². The molecule has 1 unspecified atom stereocenters. The minimum absolute atomic E-state index is 0.171. The van der Waals surface area contributed by atoms with E-state index >= 15 is 0 Å². The highest BCUT2D eigenvalue weighted by molar-refractivity contribution is 7.87. The Bertz CT molecular complexity index is 545. The molecule has 0 amide bonds. The van der Waals surface area contributed by atoms with Gasteiger partial charge in [-0.05, 0) is 32.8 Å². The van der Waals surface area contributed by atoms with Gasteiger partial charge in [-0.2, -0.15) is 8.42 Å². The predicted molar refractivity (Wildman–Crippen MR) is 78.1 cm³/mol. The molecular weight excluding hydrogens is 284 g/mol. The van der Waals surface area contributed by atoms with Gasteiger partial charge in [0.2, 0.25) is 0 Å². The molecule has 1 N–H and O–H groups in total. The quantitative estimate of drug-likeness (QED) is 0.819. The molecule has 0 saturated heterocycles. The van der Waals surface area contributed by atoms with Crippen molar-refractivity contribution in [2.75, 3.05) is 5.75 Å². The van der Waals surface area contributed by atoms with Crippen LogP contribution in [0.1, 0.15) is 31.4 Å². The highest BCUT2D eigenvalue weighted by Crippen LogP contribution is 2.20. The summed E-state index contributed by atoms with van der Waals surface area (Å²) in [6.45, 7) is 4.85. The van der Waals surface area contributed by atoms with Crippen molar-refractivity contribution in [3.8, 4) is 0 Å². The lowest BCUT2D eigenvalue weighted by atomic mass is 10.1. The first-order chi connectivity index (χ1) is 8.62. The molecule has 0 bridgehead atoms. The standard InChI is InChI=1S/C13H20O4S2/c1-11-4-6-12(7-5-11)10-18(14)9-8-13(2,3)19(15,16)17/h4-7H,8-10H2,1-3H3,(H,15,16,17). The second-order valence-electron chi connectivity index (χ2n) is 5.26. The highest BCUT2D eigenvalue weighted by Gasteiger charge is 2.32. The third-order valence-corrected chi connectivity index (χ3v) is 5.99. The molecule has 0 aliphatic rings. The Morgan fingerprint density at radius 3 is 2.21 bits per heavy atom. The molecule has 1 aromatic rings. The van der Waals surface area contributed by atoms with Crippen LogP contribution in [0.2, 0.25) is 0 Å². The van der Waals surface area contributed by atoms with Gasteiger partial charge in [0, 0.05) is 22.3 Å². The van der Waals surface area contributed by atoms with Crippen molar-refractivity contribution in [1.29, 1.82) is 0 Å². The summed E-state index contributed by atoms with van der Waals surface area (Å²) in [6.07, 6.45) is 0.171. The summed E-state index contributed by atoms with van der Waals surface area (Å²) < 4.78 is 41.9. The Morgan fingerprint density at radius 2 is 1.74 bits per heavy atom. The average Bonchev–Trinajstić information content (AvgIpc) is 2.28. The SMILES string of the molecule is Cc1ccc(CS(=O)CCC(C)(C)S(=O)(=O)O)cc1. The molecule has 0 spiro atoms.